The lowest BCUT2D eigenvalue weighted by molar-refractivity contribution is -0.386. The third-order valence-electron chi connectivity index (χ3n) is 2.06. The molecule has 0 N–H and O–H groups in total. The number of benzene rings is 1. The normalized spacial score (nSPS) is 16.9. The van der Waals surface area contributed by atoms with E-state index in [1.165, 1.54) is 6.07 Å². The van der Waals surface area contributed by atoms with Gasteiger partial charge in [-0.1, -0.05) is 15.9 Å². The minimum atomic E-state index is -0.622. The van der Waals surface area contributed by atoms with E-state index in [1.807, 2.05) is 0 Å². The van der Waals surface area contributed by atoms with Gasteiger partial charge in [0.1, 0.15) is 0 Å². The SMILES string of the molecule is O=[N+]([O-])c1ccc(Br)cc1C1OCCO1. The van der Waals surface area contributed by atoms with Crippen molar-refractivity contribution in [1.82, 2.24) is 0 Å². The Bertz CT molecular complexity index is 390. The molecule has 0 aliphatic carbocycles. The first-order valence-electron chi connectivity index (χ1n) is 4.35. The summed E-state index contributed by atoms with van der Waals surface area (Å²) in [5.41, 5.74) is 0.469. The molecule has 1 aromatic rings. The molecule has 1 fully saturated rings. The quantitative estimate of drug-likeness (QED) is 0.613. The van der Waals surface area contributed by atoms with Gasteiger partial charge in [0, 0.05) is 10.5 Å². The van der Waals surface area contributed by atoms with E-state index in [0.717, 1.165) is 4.47 Å². The summed E-state index contributed by atoms with van der Waals surface area (Å²) in [5.74, 6) is 0. The Morgan fingerprint density at radius 1 is 1.40 bits per heavy atom. The summed E-state index contributed by atoms with van der Waals surface area (Å²) in [4.78, 5) is 10.3. The van der Waals surface area contributed by atoms with Crippen LogP contribution in [0.3, 0.4) is 0 Å². The molecule has 0 aromatic heterocycles. The third kappa shape index (κ3) is 2.17. The number of nitro benzene ring substituents is 1. The smallest absolute Gasteiger partial charge is 0.277 e. The first-order valence-corrected chi connectivity index (χ1v) is 5.15. The van der Waals surface area contributed by atoms with Crippen LogP contribution in [0, 0.1) is 10.1 Å². The predicted molar refractivity (Wildman–Crippen MR) is 55.4 cm³/mol. The Morgan fingerprint density at radius 3 is 2.67 bits per heavy atom. The van der Waals surface area contributed by atoms with Gasteiger partial charge in [-0.15, -0.1) is 0 Å². The standard InChI is InChI=1S/C9H8BrNO4/c10-6-1-2-8(11(12)13)7(5-6)9-14-3-4-15-9/h1-2,5,9H,3-4H2. The lowest BCUT2D eigenvalue weighted by Crippen LogP contribution is -2.03. The Hall–Kier alpha value is -0.980. The summed E-state index contributed by atoms with van der Waals surface area (Å²) in [6.07, 6.45) is -0.622. The van der Waals surface area contributed by atoms with Crippen molar-refractivity contribution in [3.05, 3.63) is 38.3 Å². The predicted octanol–water partition coefficient (Wildman–Crippen LogP) is 2.40. The second-order valence-corrected chi connectivity index (χ2v) is 3.95. The van der Waals surface area contributed by atoms with Crippen molar-refractivity contribution < 1.29 is 14.4 Å². The van der Waals surface area contributed by atoms with Gasteiger partial charge in [-0.3, -0.25) is 10.1 Å². The maximum atomic E-state index is 10.8. The van der Waals surface area contributed by atoms with Crippen LogP contribution in [0.1, 0.15) is 11.9 Å². The van der Waals surface area contributed by atoms with Gasteiger partial charge in [0.05, 0.1) is 23.7 Å². The summed E-state index contributed by atoms with van der Waals surface area (Å²) in [6, 6.07) is 4.70. The fourth-order valence-corrected chi connectivity index (χ4v) is 1.80. The van der Waals surface area contributed by atoms with Crippen molar-refractivity contribution in [2.75, 3.05) is 13.2 Å². The number of hydrogen-bond donors (Lipinski definition) is 0. The maximum absolute atomic E-state index is 10.8. The Morgan fingerprint density at radius 2 is 2.07 bits per heavy atom. The second-order valence-electron chi connectivity index (χ2n) is 3.03. The van der Waals surface area contributed by atoms with E-state index in [4.69, 9.17) is 9.47 Å². The molecule has 0 unspecified atom stereocenters. The van der Waals surface area contributed by atoms with E-state index in [0.29, 0.717) is 18.8 Å². The fraction of sp³-hybridized carbons (Fsp3) is 0.333. The maximum Gasteiger partial charge on any atom is 0.277 e. The van der Waals surface area contributed by atoms with E-state index >= 15 is 0 Å². The molecule has 15 heavy (non-hydrogen) atoms. The van der Waals surface area contributed by atoms with Crippen molar-refractivity contribution >= 4 is 21.6 Å². The molecule has 0 spiro atoms. The first kappa shape index (κ1) is 10.5. The third-order valence-corrected chi connectivity index (χ3v) is 2.56. The first-order chi connectivity index (χ1) is 7.18. The Balaban J connectivity index is 2.41. The summed E-state index contributed by atoms with van der Waals surface area (Å²) in [6.45, 7) is 0.933. The van der Waals surface area contributed by atoms with Crippen LogP contribution < -0.4 is 0 Å². The molecule has 1 aromatic carbocycles. The summed E-state index contributed by atoms with van der Waals surface area (Å²) >= 11 is 3.26. The zero-order valence-corrected chi connectivity index (χ0v) is 9.27. The van der Waals surface area contributed by atoms with Crippen LogP contribution in [0.25, 0.3) is 0 Å². The molecule has 6 heteroatoms. The zero-order chi connectivity index (χ0) is 10.8. The number of nitrogens with zero attached hydrogens (tertiary/aromatic N) is 1. The van der Waals surface area contributed by atoms with Crippen molar-refractivity contribution in [3.63, 3.8) is 0 Å². The number of ether oxygens (including phenoxy) is 2. The zero-order valence-electron chi connectivity index (χ0n) is 7.68. The molecule has 1 aliphatic heterocycles. The van der Waals surface area contributed by atoms with Gasteiger partial charge in [-0.25, -0.2) is 0 Å². The molecular weight excluding hydrogens is 266 g/mol. The number of halogens is 1. The van der Waals surface area contributed by atoms with Crippen LogP contribution >= 0.6 is 15.9 Å². The molecule has 80 valence electrons. The van der Waals surface area contributed by atoms with E-state index in [9.17, 15) is 10.1 Å². The molecule has 0 atom stereocenters. The molecule has 1 aliphatic rings. The van der Waals surface area contributed by atoms with Crippen LogP contribution in [0.15, 0.2) is 22.7 Å². The van der Waals surface area contributed by atoms with Crippen molar-refractivity contribution in [3.8, 4) is 0 Å². The molecule has 0 radical (unpaired) electrons. The van der Waals surface area contributed by atoms with Crippen molar-refractivity contribution in [2.45, 2.75) is 6.29 Å². The molecule has 0 saturated carbocycles. The van der Waals surface area contributed by atoms with Gasteiger partial charge in [-0.05, 0) is 12.1 Å². The van der Waals surface area contributed by atoms with Crippen LogP contribution in [0.2, 0.25) is 0 Å². The summed E-state index contributed by atoms with van der Waals surface area (Å²) < 4.78 is 11.2. The van der Waals surface area contributed by atoms with Crippen molar-refractivity contribution in [2.24, 2.45) is 0 Å². The number of hydrogen-bond acceptors (Lipinski definition) is 4. The average molecular weight is 274 g/mol. The Kier molecular flexibility index (Phi) is 2.99. The van der Waals surface area contributed by atoms with E-state index in [2.05, 4.69) is 15.9 Å². The van der Waals surface area contributed by atoms with Crippen LogP contribution in [-0.4, -0.2) is 18.1 Å². The monoisotopic (exact) mass is 273 g/mol. The molecule has 0 bridgehead atoms. The summed E-state index contributed by atoms with van der Waals surface area (Å²) in [7, 11) is 0. The molecule has 1 heterocycles. The second kappa shape index (κ2) is 4.26. The topological polar surface area (TPSA) is 61.6 Å². The van der Waals surface area contributed by atoms with E-state index in [1.54, 1.807) is 12.1 Å². The number of nitro groups is 1. The molecule has 0 amide bonds. The fourth-order valence-electron chi connectivity index (χ4n) is 1.42. The van der Waals surface area contributed by atoms with Crippen LogP contribution in [0.5, 0.6) is 0 Å². The van der Waals surface area contributed by atoms with E-state index in [-0.39, 0.29) is 5.69 Å². The van der Waals surface area contributed by atoms with Gasteiger partial charge in [-0.2, -0.15) is 0 Å². The Labute approximate surface area is 94.3 Å². The van der Waals surface area contributed by atoms with Crippen molar-refractivity contribution in [1.29, 1.82) is 0 Å². The van der Waals surface area contributed by atoms with Gasteiger partial charge >= 0.3 is 0 Å². The highest BCUT2D eigenvalue weighted by Crippen LogP contribution is 2.32. The van der Waals surface area contributed by atoms with E-state index < -0.39 is 11.2 Å². The lowest BCUT2D eigenvalue weighted by atomic mass is 10.2. The van der Waals surface area contributed by atoms with Gasteiger partial charge in [0.2, 0.25) is 0 Å². The van der Waals surface area contributed by atoms with Gasteiger partial charge in [0.15, 0.2) is 6.29 Å². The molecular formula is C9H8BrNO4. The highest BCUT2D eigenvalue weighted by atomic mass is 79.9. The molecule has 2 rings (SSSR count). The van der Waals surface area contributed by atoms with Gasteiger partial charge < -0.3 is 9.47 Å². The van der Waals surface area contributed by atoms with Gasteiger partial charge in [0.25, 0.3) is 5.69 Å². The average Bonchev–Trinajstić information content (AvgIpc) is 2.69. The molecule has 1 saturated heterocycles. The number of rotatable bonds is 2. The minimum Gasteiger partial charge on any atom is -0.346 e. The highest BCUT2D eigenvalue weighted by molar-refractivity contribution is 9.10. The summed E-state index contributed by atoms with van der Waals surface area (Å²) in [5, 5.41) is 10.8. The van der Waals surface area contributed by atoms with Crippen LogP contribution in [0.4, 0.5) is 5.69 Å². The largest absolute Gasteiger partial charge is 0.346 e. The van der Waals surface area contributed by atoms with Crippen LogP contribution in [-0.2, 0) is 9.47 Å². The highest BCUT2D eigenvalue weighted by Gasteiger charge is 2.26. The molecule has 5 nitrogen and oxygen atoms in total. The minimum absolute atomic E-state index is 0.0186. The lowest BCUT2D eigenvalue weighted by Gasteiger charge is -2.09.